The molecule has 0 aliphatic heterocycles. The largest absolute Gasteiger partial charge is 0.481 e. The highest BCUT2D eigenvalue weighted by molar-refractivity contribution is 5.86. The zero-order valence-corrected chi connectivity index (χ0v) is 32.5. The van der Waals surface area contributed by atoms with Gasteiger partial charge in [-0.25, -0.2) is 9.59 Å². The minimum absolute atomic E-state index is 0.161. The Bertz CT molecular complexity index is 1160. The Morgan fingerprint density at radius 2 is 0.891 bits per heavy atom. The van der Waals surface area contributed by atoms with Crippen LogP contribution in [0.5, 0.6) is 0 Å². The van der Waals surface area contributed by atoms with Crippen molar-refractivity contribution in [3.8, 4) is 0 Å². The van der Waals surface area contributed by atoms with Gasteiger partial charge in [-0.2, -0.15) is 0 Å². The van der Waals surface area contributed by atoms with Crippen molar-refractivity contribution in [3.63, 3.8) is 0 Å². The van der Waals surface area contributed by atoms with E-state index < -0.39 is 59.8 Å². The van der Waals surface area contributed by atoms with Gasteiger partial charge in [0.2, 0.25) is 23.6 Å². The summed E-state index contributed by atoms with van der Waals surface area (Å²) in [4.78, 5) is 93.6. The predicted molar refractivity (Wildman–Crippen MR) is 206 cm³/mol. The van der Waals surface area contributed by atoms with E-state index in [-0.39, 0.29) is 44.4 Å². The van der Waals surface area contributed by atoms with Crippen LogP contribution in [0.4, 0.5) is 0 Å². The Balaban J connectivity index is 4.16. The van der Waals surface area contributed by atoms with Gasteiger partial charge in [-0.1, -0.05) is 64.2 Å². The number of unbranched alkanes of at least 4 members (excludes halogenated alkanes) is 13. The summed E-state index contributed by atoms with van der Waals surface area (Å²) < 4.78 is 0. The minimum atomic E-state index is -1.36. The maximum Gasteiger partial charge on any atom is 0.326 e. The molecule has 55 heavy (non-hydrogen) atoms. The summed E-state index contributed by atoms with van der Waals surface area (Å²) in [7, 11) is 0. The quantitative estimate of drug-likeness (QED) is 0.0324. The van der Waals surface area contributed by atoms with Crippen LogP contribution in [0.3, 0.4) is 0 Å². The predicted octanol–water partition coefficient (Wildman–Crippen LogP) is 2.66. The summed E-state index contributed by atoms with van der Waals surface area (Å²) in [6, 6.07) is -3.87. The molecule has 0 unspecified atom stereocenters. The third-order valence-corrected chi connectivity index (χ3v) is 9.17. The van der Waals surface area contributed by atoms with E-state index in [0.717, 1.165) is 70.6 Å². The molecule has 0 aromatic heterocycles. The van der Waals surface area contributed by atoms with Crippen LogP contribution in [-0.4, -0.2) is 100 Å². The number of carboxylic acid groups (broad SMARTS) is 3. The van der Waals surface area contributed by atoms with E-state index in [0.29, 0.717) is 64.3 Å². The number of carbonyl (C=O) groups excluding carboxylic acids is 5. The molecule has 0 rings (SSSR count). The van der Waals surface area contributed by atoms with E-state index in [1.807, 2.05) is 0 Å². The first-order valence-electron chi connectivity index (χ1n) is 20.0. The highest BCUT2D eigenvalue weighted by Crippen LogP contribution is 2.13. The third kappa shape index (κ3) is 30.9. The first-order valence-corrected chi connectivity index (χ1v) is 20.0. The molecule has 0 heterocycles. The van der Waals surface area contributed by atoms with Gasteiger partial charge in [0, 0.05) is 38.8 Å². The molecular weight excluding hydrogens is 716 g/mol. The summed E-state index contributed by atoms with van der Waals surface area (Å²) in [5.41, 5.74) is 11.4. The normalized spacial score (nSPS) is 13.1. The fraction of sp³-hybridized carbons (Fsp3) is 0.789. The summed E-state index contributed by atoms with van der Waals surface area (Å²) in [5.74, 6) is -5.24. The monoisotopic (exact) mass is 784 g/mol. The van der Waals surface area contributed by atoms with Gasteiger partial charge < -0.3 is 52.8 Å². The van der Waals surface area contributed by atoms with Gasteiger partial charge in [0.1, 0.15) is 18.4 Å². The molecule has 0 spiro atoms. The van der Waals surface area contributed by atoms with Crippen molar-refractivity contribution in [2.24, 2.45) is 11.5 Å². The summed E-state index contributed by atoms with van der Waals surface area (Å²) in [5, 5.41) is 37.9. The van der Waals surface area contributed by atoms with Crippen molar-refractivity contribution in [2.45, 2.75) is 178 Å². The fourth-order valence-corrected chi connectivity index (χ4v) is 5.78. The second-order valence-corrected chi connectivity index (χ2v) is 14.2. The third-order valence-electron chi connectivity index (χ3n) is 9.17. The van der Waals surface area contributed by atoms with Crippen LogP contribution in [0.15, 0.2) is 0 Å². The number of hydrogen-bond donors (Lipinski definition) is 9. The average molecular weight is 785 g/mol. The van der Waals surface area contributed by atoms with Crippen molar-refractivity contribution >= 4 is 47.8 Å². The molecule has 17 heteroatoms. The van der Waals surface area contributed by atoms with Gasteiger partial charge in [0.25, 0.3) is 0 Å². The van der Waals surface area contributed by atoms with Crippen LogP contribution >= 0.6 is 0 Å². The Morgan fingerprint density at radius 3 is 1.36 bits per heavy atom. The summed E-state index contributed by atoms with van der Waals surface area (Å²) >= 11 is 0. The molecule has 11 N–H and O–H groups in total. The lowest BCUT2D eigenvalue weighted by atomic mass is 10.0. The molecule has 4 amide bonds. The molecule has 0 aromatic carbocycles. The minimum Gasteiger partial charge on any atom is -0.481 e. The Labute approximate surface area is 325 Å². The molecule has 0 radical (unpaired) electrons. The highest BCUT2D eigenvalue weighted by Gasteiger charge is 2.24. The topological polar surface area (TPSA) is 297 Å². The van der Waals surface area contributed by atoms with E-state index >= 15 is 0 Å². The van der Waals surface area contributed by atoms with Gasteiger partial charge in [0.15, 0.2) is 0 Å². The van der Waals surface area contributed by atoms with Crippen molar-refractivity contribution in [2.75, 3.05) is 13.1 Å². The summed E-state index contributed by atoms with van der Waals surface area (Å²) in [6.45, 7) is 0.720. The van der Waals surface area contributed by atoms with E-state index in [2.05, 4.69) is 21.3 Å². The van der Waals surface area contributed by atoms with Crippen LogP contribution in [0.2, 0.25) is 0 Å². The number of carbonyl (C=O) groups is 8. The average Bonchev–Trinajstić information content (AvgIpc) is 3.13. The molecule has 0 aromatic rings. The smallest absolute Gasteiger partial charge is 0.326 e. The number of rotatable bonds is 37. The number of aldehydes is 1. The van der Waals surface area contributed by atoms with Crippen LogP contribution in [0, 0.1) is 0 Å². The van der Waals surface area contributed by atoms with Gasteiger partial charge >= 0.3 is 17.9 Å². The molecule has 17 nitrogen and oxygen atoms in total. The first-order chi connectivity index (χ1) is 26.3. The Hall–Kier alpha value is -4.12. The van der Waals surface area contributed by atoms with E-state index in [1.54, 1.807) is 0 Å². The molecule has 316 valence electrons. The molecule has 0 aliphatic carbocycles. The van der Waals surface area contributed by atoms with Gasteiger partial charge in [0.05, 0.1) is 12.1 Å². The van der Waals surface area contributed by atoms with Gasteiger partial charge in [-0.05, 0) is 64.2 Å². The van der Waals surface area contributed by atoms with Crippen LogP contribution in [0.1, 0.15) is 154 Å². The van der Waals surface area contributed by atoms with Crippen molar-refractivity contribution in [1.82, 2.24) is 21.3 Å². The molecule has 0 saturated heterocycles. The molecule has 4 atom stereocenters. The van der Waals surface area contributed by atoms with Crippen LogP contribution < -0.4 is 32.7 Å². The zero-order chi connectivity index (χ0) is 41.3. The fourth-order valence-electron chi connectivity index (χ4n) is 5.78. The molecule has 0 fully saturated rings. The summed E-state index contributed by atoms with van der Waals surface area (Å²) in [6.07, 6.45) is 15.5. The molecule has 0 saturated carbocycles. The van der Waals surface area contributed by atoms with Crippen molar-refractivity contribution in [1.29, 1.82) is 0 Å². The lowest BCUT2D eigenvalue weighted by Gasteiger charge is -2.17. The molecular formula is C38H68N6O11. The second-order valence-electron chi connectivity index (χ2n) is 14.2. The number of amides is 4. The standard InChI is InChI=1S/C38H68N6O11/c39-28(27-45)17-13-15-26-42-36(51)29(40)18-14-16-25-41-32(46)23-21-30(37(52)53)44-34(48)24-22-31(38(54)55)43-33(47)19-11-9-7-5-3-1-2-4-6-8-10-12-20-35(49)50/h27-31H,1-26,39-40H2,(H,41,46)(H,42,51)(H,43,47)(H,44,48)(H,49,50)(H,52,53)(H,54,55)/t28-,29-,30-,31-/m0/s1. The van der Waals surface area contributed by atoms with Crippen LogP contribution in [0.25, 0.3) is 0 Å². The molecule has 0 aliphatic rings. The SMILES string of the molecule is N[C@H](C=O)CCCCNC(=O)[C@@H](N)CCCCNC(=O)CC[C@H](NC(=O)CC[C@H](NC(=O)CCCCCCCCCCCCCCC(=O)O)C(=O)O)C(=O)O. The number of hydrogen-bond acceptors (Lipinski definition) is 10. The van der Waals surface area contributed by atoms with Crippen LogP contribution in [-0.2, 0) is 38.4 Å². The first kappa shape index (κ1) is 50.9. The lowest BCUT2D eigenvalue weighted by molar-refractivity contribution is -0.143. The Kier molecular flexibility index (Phi) is 30.7. The number of nitrogens with two attached hydrogens (primary N) is 2. The lowest BCUT2D eigenvalue weighted by Crippen LogP contribution is -2.44. The number of aliphatic carboxylic acids is 3. The molecule has 0 bridgehead atoms. The number of carboxylic acids is 3. The van der Waals surface area contributed by atoms with Gasteiger partial charge in [-0.3, -0.25) is 24.0 Å². The van der Waals surface area contributed by atoms with E-state index in [1.165, 1.54) is 0 Å². The number of nitrogens with one attached hydrogen (secondary N) is 4. The van der Waals surface area contributed by atoms with Crippen molar-refractivity contribution < 1.29 is 53.7 Å². The Morgan fingerprint density at radius 1 is 0.473 bits per heavy atom. The van der Waals surface area contributed by atoms with E-state index in [4.69, 9.17) is 16.6 Å². The van der Waals surface area contributed by atoms with Gasteiger partial charge in [-0.15, -0.1) is 0 Å². The van der Waals surface area contributed by atoms with Crippen molar-refractivity contribution in [3.05, 3.63) is 0 Å². The second kappa shape index (κ2) is 33.2. The van der Waals surface area contributed by atoms with E-state index in [9.17, 15) is 48.6 Å². The maximum absolute atomic E-state index is 12.5. The maximum atomic E-state index is 12.5. The zero-order valence-electron chi connectivity index (χ0n) is 32.5. The highest BCUT2D eigenvalue weighted by atomic mass is 16.4.